The molecular formula is C11H17N3O4S. The van der Waals surface area contributed by atoms with Gasteiger partial charge in [-0.3, -0.25) is 0 Å². The van der Waals surface area contributed by atoms with Crippen LogP contribution >= 0.6 is 0 Å². The Hall–Kier alpha value is -1.51. The number of aromatic carboxylic acids is 1. The van der Waals surface area contributed by atoms with Gasteiger partial charge in [0.05, 0.1) is 0 Å². The van der Waals surface area contributed by atoms with Crippen LogP contribution in [0.3, 0.4) is 0 Å². The number of nitrogens with one attached hydrogen (secondary N) is 2. The maximum absolute atomic E-state index is 11.5. The third kappa shape index (κ3) is 5.77. The summed E-state index contributed by atoms with van der Waals surface area (Å²) >= 11 is 0. The van der Waals surface area contributed by atoms with Crippen molar-refractivity contribution >= 4 is 16.2 Å². The molecular weight excluding hydrogens is 270 g/mol. The fourth-order valence-corrected chi connectivity index (χ4v) is 2.17. The Morgan fingerprint density at radius 2 is 2.05 bits per heavy atom. The first-order chi connectivity index (χ1) is 8.80. The zero-order chi connectivity index (χ0) is 14.5. The second-order valence-electron chi connectivity index (χ2n) is 4.42. The third-order valence-electron chi connectivity index (χ3n) is 2.19. The topological polar surface area (TPSA) is 108 Å². The van der Waals surface area contributed by atoms with Gasteiger partial charge >= 0.3 is 5.97 Å². The van der Waals surface area contributed by atoms with Crippen molar-refractivity contribution < 1.29 is 18.3 Å². The minimum atomic E-state index is -3.55. The summed E-state index contributed by atoms with van der Waals surface area (Å²) < 4.78 is 27.9. The van der Waals surface area contributed by atoms with Crippen LogP contribution in [0.1, 0.15) is 29.9 Å². The van der Waals surface area contributed by atoms with E-state index in [1.165, 1.54) is 18.3 Å². The van der Waals surface area contributed by atoms with Gasteiger partial charge in [-0.05, 0) is 17.5 Å². The molecule has 1 aromatic heterocycles. The number of pyridine rings is 1. The van der Waals surface area contributed by atoms with Gasteiger partial charge in [-0.2, -0.15) is 13.1 Å². The minimum Gasteiger partial charge on any atom is -0.477 e. The Balaban J connectivity index is 2.54. The maximum atomic E-state index is 11.5. The molecule has 0 aliphatic heterocycles. The Kier molecular flexibility index (Phi) is 5.40. The van der Waals surface area contributed by atoms with Gasteiger partial charge in [0.1, 0.15) is 5.69 Å². The second-order valence-corrected chi connectivity index (χ2v) is 6.01. The van der Waals surface area contributed by atoms with Crippen molar-refractivity contribution in [3.8, 4) is 0 Å². The molecule has 8 heteroatoms. The number of carboxylic acid groups (broad SMARTS) is 1. The molecule has 3 N–H and O–H groups in total. The van der Waals surface area contributed by atoms with Crippen molar-refractivity contribution in [2.24, 2.45) is 5.92 Å². The van der Waals surface area contributed by atoms with Crippen molar-refractivity contribution in [3.05, 3.63) is 29.6 Å². The number of carboxylic acids is 1. The summed E-state index contributed by atoms with van der Waals surface area (Å²) in [6.07, 6.45) is 1.33. The number of rotatable bonds is 7. The van der Waals surface area contributed by atoms with Crippen LogP contribution in [-0.4, -0.2) is 31.0 Å². The quantitative estimate of drug-likeness (QED) is 0.671. The van der Waals surface area contributed by atoms with E-state index in [-0.39, 0.29) is 18.2 Å². The highest BCUT2D eigenvalue weighted by Gasteiger charge is 2.10. The molecule has 1 heterocycles. The predicted octanol–water partition coefficient (Wildman–Crippen LogP) is 0.360. The average molecular weight is 287 g/mol. The molecule has 0 saturated carbocycles. The van der Waals surface area contributed by atoms with Crippen LogP contribution in [0.2, 0.25) is 0 Å². The third-order valence-corrected chi connectivity index (χ3v) is 3.26. The highest BCUT2D eigenvalue weighted by Crippen LogP contribution is 2.00. The summed E-state index contributed by atoms with van der Waals surface area (Å²) in [5.41, 5.74) is 0.504. The van der Waals surface area contributed by atoms with Crippen LogP contribution < -0.4 is 9.44 Å². The Morgan fingerprint density at radius 1 is 1.37 bits per heavy atom. The summed E-state index contributed by atoms with van der Waals surface area (Å²) in [5.74, 6) is -0.904. The molecule has 7 nitrogen and oxygen atoms in total. The zero-order valence-corrected chi connectivity index (χ0v) is 11.6. The van der Waals surface area contributed by atoms with Crippen molar-refractivity contribution in [1.82, 2.24) is 14.4 Å². The molecule has 0 aliphatic rings. The molecule has 0 bridgehead atoms. The molecule has 106 valence electrons. The Morgan fingerprint density at radius 3 is 2.53 bits per heavy atom. The minimum absolute atomic E-state index is 0.0559. The van der Waals surface area contributed by atoms with E-state index >= 15 is 0 Å². The highest BCUT2D eigenvalue weighted by molar-refractivity contribution is 7.87. The smallest absolute Gasteiger partial charge is 0.354 e. The Bertz CT molecular complexity index is 525. The number of carbonyl (C=O) groups is 1. The molecule has 0 radical (unpaired) electrons. The van der Waals surface area contributed by atoms with Crippen LogP contribution in [0, 0.1) is 5.92 Å². The van der Waals surface area contributed by atoms with E-state index in [4.69, 9.17) is 5.11 Å². The molecule has 1 aromatic rings. The fourth-order valence-electron chi connectivity index (χ4n) is 1.16. The largest absolute Gasteiger partial charge is 0.477 e. The fraction of sp³-hybridized carbons (Fsp3) is 0.455. The lowest BCUT2D eigenvalue weighted by Crippen LogP contribution is -2.38. The monoisotopic (exact) mass is 287 g/mol. The van der Waals surface area contributed by atoms with Gasteiger partial charge in [0.15, 0.2) is 0 Å². The number of aromatic nitrogens is 1. The summed E-state index contributed by atoms with van der Waals surface area (Å²) in [4.78, 5) is 14.3. The van der Waals surface area contributed by atoms with Crippen LogP contribution in [0.15, 0.2) is 18.3 Å². The van der Waals surface area contributed by atoms with E-state index in [1.807, 2.05) is 13.8 Å². The molecule has 0 spiro atoms. The predicted molar refractivity (Wildman–Crippen MR) is 69.8 cm³/mol. The SMILES string of the molecule is CC(C)CNS(=O)(=O)NCc1ccc(C(=O)O)nc1. The average Bonchev–Trinajstić information content (AvgIpc) is 2.35. The van der Waals surface area contributed by atoms with Gasteiger partial charge in [0, 0.05) is 19.3 Å². The molecule has 0 amide bonds. The van der Waals surface area contributed by atoms with Crippen LogP contribution in [0.4, 0.5) is 0 Å². The molecule has 0 atom stereocenters. The molecule has 0 unspecified atom stereocenters. The van der Waals surface area contributed by atoms with Gasteiger partial charge in [-0.15, -0.1) is 0 Å². The van der Waals surface area contributed by atoms with E-state index in [0.717, 1.165) is 0 Å². The molecule has 0 saturated heterocycles. The standard InChI is InChI=1S/C11H17N3O4S/c1-8(2)5-13-19(17,18)14-7-9-3-4-10(11(15)16)12-6-9/h3-4,6,8,13-14H,5,7H2,1-2H3,(H,15,16). The van der Waals surface area contributed by atoms with Crippen LogP contribution in [0.5, 0.6) is 0 Å². The van der Waals surface area contributed by atoms with E-state index in [1.54, 1.807) is 0 Å². The van der Waals surface area contributed by atoms with Gasteiger partial charge in [-0.1, -0.05) is 19.9 Å². The van der Waals surface area contributed by atoms with Crippen molar-refractivity contribution in [3.63, 3.8) is 0 Å². The molecule has 1 rings (SSSR count). The lowest BCUT2D eigenvalue weighted by atomic mass is 10.2. The van der Waals surface area contributed by atoms with E-state index < -0.39 is 16.2 Å². The first-order valence-electron chi connectivity index (χ1n) is 5.72. The van der Waals surface area contributed by atoms with E-state index in [2.05, 4.69) is 14.4 Å². The van der Waals surface area contributed by atoms with E-state index in [9.17, 15) is 13.2 Å². The number of nitrogens with zero attached hydrogens (tertiary/aromatic N) is 1. The molecule has 19 heavy (non-hydrogen) atoms. The normalized spacial score (nSPS) is 11.7. The molecule has 0 aromatic carbocycles. The van der Waals surface area contributed by atoms with Gasteiger partial charge in [-0.25, -0.2) is 14.5 Å². The zero-order valence-electron chi connectivity index (χ0n) is 10.8. The summed E-state index contributed by atoms with van der Waals surface area (Å²) in [7, 11) is -3.55. The van der Waals surface area contributed by atoms with E-state index in [0.29, 0.717) is 12.1 Å². The van der Waals surface area contributed by atoms with Crippen LogP contribution in [0.25, 0.3) is 0 Å². The maximum Gasteiger partial charge on any atom is 0.354 e. The molecule has 0 aliphatic carbocycles. The highest BCUT2D eigenvalue weighted by atomic mass is 32.2. The Labute approximate surface area is 112 Å². The summed E-state index contributed by atoms with van der Waals surface area (Å²) in [5, 5.41) is 8.67. The van der Waals surface area contributed by atoms with Gasteiger partial charge < -0.3 is 5.11 Å². The lowest BCUT2D eigenvalue weighted by molar-refractivity contribution is 0.0690. The van der Waals surface area contributed by atoms with Crippen LogP contribution in [-0.2, 0) is 16.8 Å². The van der Waals surface area contributed by atoms with Gasteiger partial charge in [0.25, 0.3) is 10.2 Å². The second kappa shape index (κ2) is 6.60. The first kappa shape index (κ1) is 15.5. The number of hydrogen-bond donors (Lipinski definition) is 3. The van der Waals surface area contributed by atoms with Crippen molar-refractivity contribution in [1.29, 1.82) is 0 Å². The van der Waals surface area contributed by atoms with Gasteiger partial charge in [0.2, 0.25) is 0 Å². The summed E-state index contributed by atoms with van der Waals surface area (Å²) in [6, 6.07) is 2.84. The number of hydrogen-bond acceptors (Lipinski definition) is 4. The molecule has 0 fully saturated rings. The lowest BCUT2D eigenvalue weighted by Gasteiger charge is -2.09. The van der Waals surface area contributed by atoms with Crippen molar-refractivity contribution in [2.45, 2.75) is 20.4 Å². The first-order valence-corrected chi connectivity index (χ1v) is 7.21. The van der Waals surface area contributed by atoms with Crippen molar-refractivity contribution in [2.75, 3.05) is 6.54 Å². The summed E-state index contributed by atoms with van der Waals surface area (Å²) in [6.45, 7) is 4.21.